The van der Waals surface area contributed by atoms with Crippen molar-refractivity contribution in [3.8, 4) is 0 Å². The summed E-state index contributed by atoms with van der Waals surface area (Å²) in [6, 6.07) is 4.95. The molecule has 1 unspecified atom stereocenters. The van der Waals surface area contributed by atoms with E-state index in [1.165, 1.54) is 23.5 Å². The Morgan fingerprint density at radius 3 is 3.17 bits per heavy atom. The van der Waals surface area contributed by atoms with Crippen molar-refractivity contribution in [2.45, 2.75) is 32.4 Å². The van der Waals surface area contributed by atoms with Gasteiger partial charge in [-0.2, -0.15) is 11.8 Å². The van der Waals surface area contributed by atoms with Crippen LogP contribution in [0.1, 0.15) is 25.3 Å². The minimum absolute atomic E-state index is 0.731. The van der Waals surface area contributed by atoms with E-state index in [9.17, 15) is 0 Å². The molecule has 0 radical (unpaired) electrons. The zero-order valence-corrected chi connectivity index (χ0v) is 12.2. The summed E-state index contributed by atoms with van der Waals surface area (Å²) in [5.41, 5.74) is 1.31. The van der Waals surface area contributed by atoms with Crippen molar-refractivity contribution in [1.29, 1.82) is 0 Å². The highest BCUT2D eigenvalue weighted by Crippen LogP contribution is 2.23. The Morgan fingerprint density at radius 1 is 1.56 bits per heavy atom. The fraction of sp³-hybridized carbons (Fsp3) is 0.643. The molecular formula is C14H23N3S. The van der Waals surface area contributed by atoms with Crippen LogP contribution < -0.4 is 5.32 Å². The second-order valence-corrected chi connectivity index (χ2v) is 6.02. The molecule has 1 fully saturated rings. The molecule has 1 atom stereocenters. The molecule has 0 aliphatic carbocycles. The lowest BCUT2D eigenvalue weighted by molar-refractivity contribution is 0.254. The lowest BCUT2D eigenvalue weighted by Gasteiger charge is -2.24. The Bertz CT molecular complexity index is 364. The smallest absolute Gasteiger partial charge is 0.130 e. The molecule has 1 aliphatic heterocycles. The van der Waals surface area contributed by atoms with Crippen LogP contribution in [-0.2, 0) is 6.54 Å². The highest BCUT2D eigenvalue weighted by Gasteiger charge is 2.20. The predicted octanol–water partition coefficient (Wildman–Crippen LogP) is 2.84. The predicted molar refractivity (Wildman–Crippen MR) is 80.2 cm³/mol. The Labute approximate surface area is 114 Å². The maximum absolute atomic E-state index is 4.45. The molecule has 0 bridgehead atoms. The average Bonchev–Trinajstić information content (AvgIpc) is 2.91. The van der Waals surface area contributed by atoms with Crippen molar-refractivity contribution < 1.29 is 0 Å². The Kier molecular flexibility index (Phi) is 5.32. The van der Waals surface area contributed by atoms with Crippen LogP contribution in [0.3, 0.4) is 0 Å². The lowest BCUT2D eigenvalue weighted by atomic mass is 10.2. The molecule has 1 N–H and O–H groups in total. The van der Waals surface area contributed by atoms with E-state index >= 15 is 0 Å². The number of thioether (sulfide) groups is 1. The zero-order chi connectivity index (χ0) is 12.8. The van der Waals surface area contributed by atoms with Crippen LogP contribution >= 0.6 is 11.8 Å². The minimum Gasteiger partial charge on any atom is -0.370 e. The standard InChI is InChI=1S/C14H23N3S/c1-3-7-15-14-12(5-4-8-16-14)10-17(2)13-6-9-18-11-13/h4-5,8,13H,3,6-7,9-11H2,1-2H3,(H,15,16). The molecule has 1 aromatic heterocycles. The fourth-order valence-electron chi connectivity index (χ4n) is 2.24. The van der Waals surface area contributed by atoms with E-state index in [0.29, 0.717) is 0 Å². The molecule has 0 spiro atoms. The summed E-state index contributed by atoms with van der Waals surface area (Å²) in [6.45, 7) is 4.16. The maximum atomic E-state index is 4.45. The summed E-state index contributed by atoms with van der Waals surface area (Å²) in [5, 5.41) is 3.42. The van der Waals surface area contributed by atoms with Gasteiger partial charge in [-0.25, -0.2) is 4.98 Å². The highest BCUT2D eigenvalue weighted by molar-refractivity contribution is 7.99. The van der Waals surface area contributed by atoms with Crippen LogP contribution in [0.25, 0.3) is 0 Å². The van der Waals surface area contributed by atoms with Crippen molar-refractivity contribution >= 4 is 17.6 Å². The third kappa shape index (κ3) is 3.62. The van der Waals surface area contributed by atoms with Crippen molar-refractivity contribution in [2.24, 2.45) is 0 Å². The first kappa shape index (κ1) is 13.7. The molecule has 0 amide bonds. The topological polar surface area (TPSA) is 28.2 Å². The number of nitrogens with one attached hydrogen (secondary N) is 1. The number of anilines is 1. The van der Waals surface area contributed by atoms with E-state index in [2.05, 4.69) is 47.0 Å². The quantitative estimate of drug-likeness (QED) is 0.856. The molecule has 2 rings (SSSR count). The summed E-state index contributed by atoms with van der Waals surface area (Å²) in [6.07, 6.45) is 4.32. The van der Waals surface area contributed by atoms with Crippen LogP contribution in [0, 0.1) is 0 Å². The molecule has 0 aromatic carbocycles. The van der Waals surface area contributed by atoms with E-state index in [-0.39, 0.29) is 0 Å². The van der Waals surface area contributed by atoms with Gasteiger partial charge in [0.2, 0.25) is 0 Å². The van der Waals surface area contributed by atoms with Gasteiger partial charge in [-0.1, -0.05) is 13.0 Å². The molecule has 1 saturated heterocycles. The van der Waals surface area contributed by atoms with Crippen molar-refractivity contribution in [3.63, 3.8) is 0 Å². The van der Waals surface area contributed by atoms with E-state index < -0.39 is 0 Å². The Hall–Kier alpha value is -0.740. The van der Waals surface area contributed by atoms with Gasteiger partial charge >= 0.3 is 0 Å². The van der Waals surface area contributed by atoms with Gasteiger partial charge in [0.05, 0.1) is 0 Å². The van der Waals surface area contributed by atoms with Crippen LogP contribution in [0.15, 0.2) is 18.3 Å². The van der Waals surface area contributed by atoms with Crippen molar-refractivity contribution in [1.82, 2.24) is 9.88 Å². The lowest BCUT2D eigenvalue weighted by Crippen LogP contribution is -2.31. The first-order valence-corrected chi connectivity index (χ1v) is 7.92. The summed E-state index contributed by atoms with van der Waals surface area (Å²) < 4.78 is 0. The average molecular weight is 265 g/mol. The number of aromatic nitrogens is 1. The van der Waals surface area contributed by atoms with Gasteiger partial charge in [0, 0.05) is 36.6 Å². The van der Waals surface area contributed by atoms with Gasteiger partial charge in [-0.15, -0.1) is 0 Å². The molecule has 1 aromatic rings. The molecule has 3 nitrogen and oxygen atoms in total. The van der Waals surface area contributed by atoms with Crippen LogP contribution in [0.5, 0.6) is 0 Å². The number of nitrogens with zero attached hydrogens (tertiary/aromatic N) is 2. The third-order valence-corrected chi connectivity index (χ3v) is 4.53. The SMILES string of the molecule is CCCNc1ncccc1CN(C)C1CCSC1. The van der Waals surface area contributed by atoms with Crippen molar-refractivity contribution in [2.75, 3.05) is 30.4 Å². The monoisotopic (exact) mass is 265 g/mol. The molecule has 100 valence electrons. The largest absolute Gasteiger partial charge is 0.370 e. The molecule has 1 aliphatic rings. The first-order chi connectivity index (χ1) is 8.81. The Balaban J connectivity index is 1.98. The highest BCUT2D eigenvalue weighted by atomic mass is 32.2. The number of hydrogen-bond acceptors (Lipinski definition) is 4. The van der Waals surface area contributed by atoms with Crippen molar-refractivity contribution in [3.05, 3.63) is 23.9 Å². The normalized spacial score (nSPS) is 19.4. The van der Waals surface area contributed by atoms with Crippen LogP contribution in [-0.4, -0.2) is 41.0 Å². The molecule has 4 heteroatoms. The van der Waals surface area contributed by atoms with E-state index in [1.54, 1.807) is 0 Å². The number of hydrogen-bond donors (Lipinski definition) is 1. The number of pyridine rings is 1. The fourth-order valence-corrected chi connectivity index (χ4v) is 3.53. The second-order valence-electron chi connectivity index (χ2n) is 4.87. The van der Waals surface area contributed by atoms with Gasteiger partial charge in [0.15, 0.2) is 0 Å². The van der Waals surface area contributed by atoms with E-state index in [0.717, 1.165) is 31.4 Å². The molecular weight excluding hydrogens is 242 g/mol. The third-order valence-electron chi connectivity index (χ3n) is 3.38. The second kappa shape index (κ2) is 7.00. The molecule has 2 heterocycles. The summed E-state index contributed by atoms with van der Waals surface area (Å²) in [4.78, 5) is 6.92. The van der Waals surface area contributed by atoms with Gasteiger partial charge in [0.1, 0.15) is 5.82 Å². The zero-order valence-electron chi connectivity index (χ0n) is 11.4. The van der Waals surface area contributed by atoms with Gasteiger partial charge < -0.3 is 5.32 Å². The summed E-state index contributed by atoms with van der Waals surface area (Å²) in [5.74, 6) is 3.63. The van der Waals surface area contributed by atoms with Gasteiger partial charge in [-0.05, 0) is 31.7 Å². The van der Waals surface area contributed by atoms with Gasteiger partial charge in [-0.3, -0.25) is 4.90 Å². The summed E-state index contributed by atoms with van der Waals surface area (Å²) >= 11 is 2.07. The van der Waals surface area contributed by atoms with Crippen LogP contribution in [0.4, 0.5) is 5.82 Å². The first-order valence-electron chi connectivity index (χ1n) is 6.77. The minimum atomic E-state index is 0.731. The maximum Gasteiger partial charge on any atom is 0.130 e. The Morgan fingerprint density at radius 2 is 2.44 bits per heavy atom. The van der Waals surface area contributed by atoms with E-state index in [4.69, 9.17) is 0 Å². The van der Waals surface area contributed by atoms with E-state index in [1.807, 2.05) is 12.3 Å². The molecule has 18 heavy (non-hydrogen) atoms. The van der Waals surface area contributed by atoms with Crippen LogP contribution in [0.2, 0.25) is 0 Å². The summed E-state index contributed by atoms with van der Waals surface area (Å²) in [7, 11) is 2.23. The molecule has 0 saturated carbocycles. The number of rotatable bonds is 6. The van der Waals surface area contributed by atoms with Gasteiger partial charge in [0.25, 0.3) is 0 Å².